The number of rotatable bonds is 5. The number of carbonyl (C=O) groups excluding carboxylic acids is 1. The summed E-state index contributed by atoms with van der Waals surface area (Å²) in [6, 6.07) is 16.8. The Morgan fingerprint density at radius 3 is 2.43 bits per heavy atom. The molecule has 108 valence electrons. The molecule has 0 saturated heterocycles. The van der Waals surface area contributed by atoms with Crippen LogP contribution in [0.25, 0.3) is 0 Å². The monoisotopic (exact) mass is 301 g/mol. The molecule has 21 heavy (non-hydrogen) atoms. The molecule has 0 fully saturated rings. The van der Waals surface area contributed by atoms with Gasteiger partial charge in [0.2, 0.25) is 0 Å². The minimum atomic E-state index is -0.208. The fourth-order valence-corrected chi connectivity index (χ4v) is 1.81. The number of amides is 1. The number of hydrazone groups is 1. The first-order chi connectivity index (χ1) is 10.1. The van der Waals surface area contributed by atoms with Crippen LogP contribution in [0.2, 0.25) is 5.02 Å². The maximum Gasteiger partial charge on any atom is 0.259 e. The Labute approximate surface area is 128 Å². The summed E-state index contributed by atoms with van der Waals surface area (Å²) in [5, 5.41) is 7.73. The molecule has 2 N–H and O–H groups in total. The first-order valence-electron chi connectivity index (χ1n) is 6.53. The van der Waals surface area contributed by atoms with Crippen LogP contribution in [0.1, 0.15) is 12.5 Å². The van der Waals surface area contributed by atoms with Crippen molar-refractivity contribution in [2.75, 3.05) is 11.9 Å². The lowest BCUT2D eigenvalue weighted by Gasteiger charge is -2.06. The molecule has 2 rings (SSSR count). The van der Waals surface area contributed by atoms with Crippen molar-refractivity contribution in [1.82, 2.24) is 5.43 Å². The highest BCUT2D eigenvalue weighted by atomic mass is 35.5. The van der Waals surface area contributed by atoms with Gasteiger partial charge in [-0.3, -0.25) is 4.79 Å². The van der Waals surface area contributed by atoms with E-state index in [0.29, 0.717) is 5.02 Å². The number of hydrogen-bond donors (Lipinski definition) is 2. The molecular weight excluding hydrogens is 286 g/mol. The third-order valence-electron chi connectivity index (χ3n) is 2.84. The van der Waals surface area contributed by atoms with Gasteiger partial charge in [0.15, 0.2) is 0 Å². The third kappa shape index (κ3) is 4.93. The van der Waals surface area contributed by atoms with Crippen LogP contribution < -0.4 is 10.7 Å². The maximum atomic E-state index is 11.7. The molecule has 1 amide bonds. The van der Waals surface area contributed by atoms with Crippen molar-refractivity contribution in [1.29, 1.82) is 0 Å². The second-order valence-corrected chi connectivity index (χ2v) is 4.90. The van der Waals surface area contributed by atoms with E-state index in [1.807, 2.05) is 49.4 Å². The zero-order valence-electron chi connectivity index (χ0n) is 11.6. The van der Waals surface area contributed by atoms with Crippen molar-refractivity contribution in [3.8, 4) is 0 Å². The Morgan fingerprint density at radius 2 is 1.76 bits per heavy atom. The van der Waals surface area contributed by atoms with Crippen molar-refractivity contribution < 1.29 is 4.79 Å². The van der Waals surface area contributed by atoms with Crippen LogP contribution in [-0.2, 0) is 4.79 Å². The smallest absolute Gasteiger partial charge is 0.259 e. The molecular formula is C16H16ClN3O. The second kappa shape index (κ2) is 7.45. The Bertz CT molecular complexity index is 624. The van der Waals surface area contributed by atoms with Crippen molar-refractivity contribution in [2.45, 2.75) is 6.92 Å². The van der Waals surface area contributed by atoms with Crippen molar-refractivity contribution >= 4 is 28.9 Å². The van der Waals surface area contributed by atoms with Crippen LogP contribution in [0.3, 0.4) is 0 Å². The number of nitrogens with zero attached hydrogens (tertiary/aromatic N) is 1. The van der Waals surface area contributed by atoms with E-state index in [2.05, 4.69) is 15.8 Å². The first kappa shape index (κ1) is 15.1. The molecule has 0 saturated carbocycles. The van der Waals surface area contributed by atoms with E-state index >= 15 is 0 Å². The largest absolute Gasteiger partial charge is 0.376 e. The van der Waals surface area contributed by atoms with Gasteiger partial charge in [0.25, 0.3) is 5.91 Å². The molecule has 0 radical (unpaired) electrons. The van der Waals surface area contributed by atoms with Gasteiger partial charge in [-0.05, 0) is 36.8 Å². The molecule has 5 heteroatoms. The number of carbonyl (C=O) groups is 1. The molecule has 0 atom stereocenters. The standard InChI is InChI=1S/C16H16ClN3O/c1-12(13-5-3-2-4-6-13)19-20-16(21)11-18-15-9-7-14(17)8-10-15/h2-10,18H,11H2,1H3,(H,20,21)/b19-12-. The quantitative estimate of drug-likeness (QED) is 0.658. The van der Waals surface area contributed by atoms with E-state index in [-0.39, 0.29) is 12.5 Å². The number of benzene rings is 2. The van der Waals surface area contributed by atoms with Crippen molar-refractivity contribution in [3.05, 3.63) is 65.2 Å². The molecule has 0 heterocycles. The third-order valence-corrected chi connectivity index (χ3v) is 3.09. The maximum absolute atomic E-state index is 11.7. The zero-order valence-corrected chi connectivity index (χ0v) is 12.4. The van der Waals surface area contributed by atoms with Gasteiger partial charge in [-0.25, -0.2) is 5.43 Å². The Morgan fingerprint density at radius 1 is 1.10 bits per heavy atom. The minimum Gasteiger partial charge on any atom is -0.376 e. The van der Waals surface area contributed by atoms with Gasteiger partial charge in [0.05, 0.1) is 12.3 Å². The van der Waals surface area contributed by atoms with E-state index < -0.39 is 0 Å². The summed E-state index contributed by atoms with van der Waals surface area (Å²) in [7, 11) is 0. The second-order valence-electron chi connectivity index (χ2n) is 4.46. The summed E-state index contributed by atoms with van der Waals surface area (Å²) in [4.78, 5) is 11.7. The Balaban J connectivity index is 1.83. The summed E-state index contributed by atoms with van der Waals surface area (Å²) in [5.41, 5.74) is 5.09. The van der Waals surface area contributed by atoms with Gasteiger partial charge >= 0.3 is 0 Å². The molecule has 0 aliphatic carbocycles. The van der Waals surface area contributed by atoms with Crippen LogP contribution >= 0.6 is 11.6 Å². The molecule has 4 nitrogen and oxygen atoms in total. The van der Waals surface area contributed by atoms with Crippen LogP contribution in [0, 0.1) is 0 Å². The molecule has 2 aromatic carbocycles. The van der Waals surface area contributed by atoms with Gasteiger partial charge in [-0.15, -0.1) is 0 Å². The predicted molar refractivity (Wildman–Crippen MR) is 86.7 cm³/mol. The number of anilines is 1. The molecule has 0 aliphatic rings. The van der Waals surface area contributed by atoms with E-state index in [1.54, 1.807) is 12.1 Å². The summed E-state index contributed by atoms with van der Waals surface area (Å²) in [6.07, 6.45) is 0. The molecule has 2 aromatic rings. The molecule has 0 unspecified atom stereocenters. The Hall–Kier alpha value is -2.33. The van der Waals surface area contributed by atoms with E-state index in [1.165, 1.54) is 0 Å². The lowest BCUT2D eigenvalue weighted by molar-refractivity contribution is -0.119. The zero-order chi connectivity index (χ0) is 15.1. The predicted octanol–water partition coefficient (Wildman–Crippen LogP) is 3.29. The Kier molecular flexibility index (Phi) is 5.35. The first-order valence-corrected chi connectivity index (χ1v) is 6.91. The summed E-state index contributed by atoms with van der Waals surface area (Å²) >= 11 is 5.79. The fraction of sp³-hybridized carbons (Fsp3) is 0.125. The highest BCUT2D eigenvalue weighted by Crippen LogP contribution is 2.12. The molecule has 0 aliphatic heterocycles. The SMILES string of the molecule is C/C(=N/NC(=O)CNc1ccc(Cl)cc1)c1ccccc1. The summed E-state index contributed by atoms with van der Waals surface area (Å²) in [6.45, 7) is 2.00. The van der Waals surface area contributed by atoms with Crippen molar-refractivity contribution in [2.24, 2.45) is 5.10 Å². The lowest BCUT2D eigenvalue weighted by Crippen LogP contribution is -2.26. The summed E-state index contributed by atoms with van der Waals surface area (Å²) < 4.78 is 0. The number of halogens is 1. The highest BCUT2D eigenvalue weighted by molar-refractivity contribution is 6.30. The minimum absolute atomic E-state index is 0.146. The highest BCUT2D eigenvalue weighted by Gasteiger charge is 2.01. The van der Waals surface area contributed by atoms with Gasteiger partial charge in [-0.2, -0.15) is 5.10 Å². The number of nitrogens with one attached hydrogen (secondary N) is 2. The summed E-state index contributed by atoms with van der Waals surface area (Å²) in [5.74, 6) is -0.208. The average Bonchev–Trinajstić information content (AvgIpc) is 2.53. The van der Waals surface area contributed by atoms with E-state index in [9.17, 15) is 4.79 Å². The fourth-order valence-electron chi connectivity index (χ4n) is 1.68. The van der Waals surface area contributed by atoms with Crippen LogP contribution in [0.5, 0.6) is 0 Å². The number of hydrogen-bond acceptors (Lipinski definition) is 3. The molecule has 0 bridgehead atoms. The molecule has 0 spiro atoms. The van der Waals surface area contributed by atoms with Gasteiger partial charge < -0.3 is 5.32 Å². The van der Waals surface area contributed by atoms with Crippen LogP contribution in [0.15, 0.2) is 59.7 Å². The molecule has 0 aromatic heterocycles. The van der Waals surface area contributed by atoms with Crippen LogP contribution in [-0.4, -0.2) is 18.2 Å². The van der Waals surface area contributed by atoms with Gasteiger partial charge in [0.1, 0.15) is 0 Å². The van der Waals surface area contributed by atoms with E-state index in [0.717, 1.165) is 17.0 Å². The van der Waals surface area contributed by atoms with E-state index in [4.69, 9.17) is 11.6 Å². The normalized spacial score (nSPS) is 11.0. The lowest BCUT2D eigenvalue weighted by atomic mass is 10.1. The van der Waals surface area contributed by atoms with Crippen molar-refractivity contribution in [3.63, 3.8) is 0 Å². The van der Waals surface area contributed by atoms with Gasteiger partial charge in [0, 0.05) is 10.7 Å². The topological polar surface area (TPSA) is 53.5 Å². The van der Waals surface area contributed by atoms with Crippen LogP contribution in [0.4, 0.5) is 5.69 Å². The average molecular weight is 302 g/mol. The van der Waals surface area contributed by atoms with Gasteiger partial charge in [-0.1, -0.05) is 41.9 Å².